The van der Waals surface area contributed by atoms with Crippen molar-refractivity contribution in [2.45, 2.75) is 58.5 Å². The van der Waals surface area contributed by atoms with Crippen molar-refractivity contribution < 1.29 is 9.59 Å². The lowest BCUT2D eigenvalue weighted by Gasteiger charge is -2.29. The third kappa shape index (κ3) is 4.42. The molecule has 31 heavy (non-hydrogen) atoms. The van der Waals surface area contributed by atoms with Crippen LogP contribution in [0, 0.1) is 12.8 Å². The van der Waals surface area contributed by atoms with Crippen molar-refractivity contribution in [2.75, 3.05) is 0 Å². The van der Waals surface area contributed by atoms with E-state index in [1.165, 1.54) is 0 Å². The van der Waals surface area contributed by atoms with Crippen LogP contribution in [0.5, 0.6) is 0 Å². The molecule has 0 bridgehead atoms. The molecule has 2 heterocycles. The normalized spacial score (nSPS) is 18.8. The average molecular weight is 421 g/mol. The maximum Gasteiger partial charge on any atom is 0.273 e. The Kier molecular flexibility index (Phi) is 5.97. The number of nitrogens with one attached hydrogen (secondary N) is 2. The van der Waals surface area contributed by atoms with Crippen LogP contribution in [-0.4, -0.2) is 43.9 Å². The first-order chi connectivity index (χ1) is 14.9. The highest BCUT2D eigenvalue weighted by Gasteiger charge is 2.29. The zero-order valence-electron chi connectivity index (χ0n) is 18.1. The minimum atomic E-state index is -0.249. The molecule has 3 aromatic rings. The van der Waals surface area contributed by atoms with Gasteiger partial charge in [0.1, 0.15) is 0 Å². The van der Waals surface area contributed by atoms with Gasteiger partial charge in [0.25, 0.3) is 5.91 Å². The van der Waals surface area contributed by atoms with E-state index < -0.39 is 0 Å². The number of hydrogen-bond acceptors (Lipinski definition) is 5. The number of benzene rings is 1. The lowest BCUT2D eigenvalue weighted by Crippen LogP contribution is -2.44. The highest BCUT2D eigenvalue weighted by Crippen LogP contribution is 2.26. The Morgan fingerprint density at radius 3 is 2.84 bits per heavy atom. The van der Waals surface area contributed by atoms with Gasteiger partial charge in [0.15, 0.2) is 5.69 Å². The molecule has 0 saturated heterocycles. The SMILES string of the molecule is Cc1c(C(=O)NC2CCCC(C(=O)NC(C)C)C2)nnn1-c1cccc2cnccc12. The van der Waals surface area contributed by atoms with Crippen LogP contribution in [0.25, 0.3) is 16.5 Å². The van der Waals surface area contributed by atoms with Crippen molar-refractivity contribution in [3.63, 3.8) is 0 Å². The van der Waals surface area contributed by atoms with Crippen molar-refractivity contribution in [1.29, 1.82) is 0 Å². The summed E-state index contributed by atoms with van der Waals surface area (Å²) in [6, 6.07) is 7.87. The standard InChI is InChI=1S/C23H28N6O2/c1-14(2)25-22(30)16-6-4-8-18(12-16)26-23(31)21-15(3)29(28-27-21)20-9-5-7-17-13-24-11-10-19(17)20/h5,7,9-11,13-14,16,18H,4,6,8,12H2,1-3H3,(H,25,30)(H,26,31). The monoisotopic (exact) mass is 420 g/mol. The molecule has 1 fully saturated rings. The van der Waals surface area contributed by atoms with Gasteiger partial charge in [-0.05, 0) is 52.2 Å². The quantitative estimate of drug-likeness (QED) is 0.661. The van der Waals surface area contributed by atoms with Gasteiger partial charge >= 0.3 is 0 Å². The molecule has 1 aliphatic carbocycles. The zero-order valence-corrected chi connectivity index (χ0v) is 18.1. The van der Waals surface area contributed by atoms with Crippen LogP contribution in [0.3, 0.4) is 0 Å². The van der Waals surface area contributed by atoms with Crippen LogP contribution in [-0.2, 0) is 4.79 Å². The van der Waals surface area contributed by atoms with Gasteiger partial charge in [0.05, 0.1) is 11.4 Å². The molecule has 1 aliphatic rings. The van der Waals surface area contributed by atoms with Gasteiger partial charge in [-0.3, -0.25) is 14.6 Å². The van der Waals surface area contributed by atoms with E-state index in [1.807, 2.05) is 45.0 Å². The number of aromatic nitrogens is 4. The molecule has 2 aromatic heterocycles. The van der Waals surface area contributed by atoms with Crippen LogP contribution in [0.2, 0.25) is 0 Å². The Balaban J connectivity index is 1.50. The van der Waals surface area contributed by atoms with Crippen LogP contribution >= 0.6 is 0 Å². The van der Waals surface area contributed by atoms with E-state index in [1.54, 1.807) is 17.1 Å². The van der Waals surface area contributed by atoms with Crippen LogP contribution in [0.1, 0.15) is 55.7 Å². The summed E-state index contributed by atoms with van der Waals surface area (Å²) in [6.45, 7) is 5.76. The largest absolute Gasteiger partial charge is 0.354 e. The minimum absolute atomic E-state index is 0.0441. The Morgan fingerprint density at radius 2 is 2.03 bits per heavy atom. The van der Waals surface area contributed by atoms with E-state index in [9.17, 15) is 9.59 Å². The molecular formula is C23H28N6O2. The zero-order chi connectivity index (χ0) is 22.0. The number of hydrogen-bond donors (Lipinski definition) is 2. The Hall–Kier alpha value is -3.29. The second-order valence-corrected chi connectivity index (χ2v) is 8.51. The number of amides is 2. The van der Waals surface area contributed by atoms with E-state index in [-0.39, 0.29) is 29.8 Å². The highest BCUT2D eigenvalue weighted by molar-refractivity contribution is 5.94. The molecule has 162 valence electrons. The molecule has 2 N–H and O–H groups in total. The molecule has 0 radical (unpaired) electrons. The third-order valence-corrected chi connectivity index (χ3v) is 5.81. The average Bonchev–Trinajstić information content (AvgIpc) is 3.14. The lowest BCUT2D eigenvalue weighted by molar-refractivity contribution is -0.126. The van der Waals surface area contributed by atoms with Crippen molar-refractivity contribution in [1.82, 2.24) is 30.6 Å². The summed E-state index contributed by atoms with van der Waals surface area (Å²) >= 11 is 0. The lowest BCUT2D eigenvalue weighted by atomic mass is 9.85. The predicted molar refractivity (Wildman–Crippen MR) is 118 cm³/mol. The summed E-state index contributed by atoms with van der Waals surface area (Å²) in [4.78, 5) is 29.5. The molecule has 0 spiro atoms. The molecule has 1 aromatic carbocycles. The molecule has 0 aliphatic heterocycles. The van der Waals surface area contributed by atoms with Gasteiger partial charge in [-0.2, -0.15) is 0 Å². The van der Waals surface area contributed by atoms with E-state index in [2.05, 4.69) is 25.9 Å². The van der Waals surface area contributed by atoms with Crippen LogP contribution < -0.4 is 10.6 Å². The molecule has 2 amide bonds. The van der Waals surface area contributed by atoms with Crippen molar-refractivity contribution >= 4 is 22.6 Å². The number of nitrogens with zero attached hydrogens (tertiary/aromatic N) is 4. The number of fused-ring (bicyclic) bond motifs is 1. The Morgan fingerprint density at radius 1 is 1.19 bits per heavy atom. The van der Waals surface area contributed by atoms with Gasteiger partial charge in [0, 0.05) is 41.2 Å². The summed E-state index contributed by atoms with van der Waals surface area (Å²) in [7, 11) is 0. The Labute approximate surface area is 181 Å². The first-order valence-electron chi connectivity index (χ1n) is 10.8. The molecule has 2 atom stereocenters. The van der Waals surface area contributed by atoms with E-state index >= 15 is 0 Å². The fourth-order valence-corrected chi connectivity index (χ4v) is 4.27. The minimum Gasteiger partial charge on any atom is -0.354 e. The fourth-order valence-electron chi connectivity index (χ4n) is 4.27. The Bertz CT molecular complexity index is 1100. The van der Waals surface area contributed by atoms with Gasteiger partial charge < -0.3 is 10.6 Å². The molecule has 4 rings (SSSR count). The van der Waals surface area contributed by atoms with Crippen LogP contribution in [0.15, 0.2) is 36.7 Å². The molecular weight excluding hydrogens is 392 g/mol. The summed E-state index contributed by atoms with van der Waals surface area (Å²) in [5.74, 6) is -0.246. The number of rotatable bonds is 5. The summed E-state index contributed by atoms with van der Waals surface area (Å²) in [6.07, 6.45) is 6.82. The number of carbonyl (C=O) groups is 2. The van der Waals surface area contributed by atoms with Gasteiger partial charge in [-0.1, -0.05) is 23.8 Å². The molecule has 2 unspecified atom stereocenters. The van der Waals surface area contributed by atoms with Crippen LogP contribution in [0.4, 0.5) is 0 Å². The maximum atomic E-state index is 13.0. The molecule has 1 saturated carbocycles. The number of pyridine rings is 1. The van der Waals surface area contributed by atoms with Gasteiger partial charge in [-0.15, -0.1) is 5.10 Å². The van der Waals surface area contributed by atoms with E-state index in [4.69, 9.17) is 0 Å². The second-order valence-electron chi connectivity index (χ2n) is 8.51. The van der Waals surface area contributed by atoms with Crippen molar-refractivity contribution in [3.05, 3.63) is 48.0 Å². The van der Waals surface area contributed by atoms with E-state index in [0.29, 0.717) is 17.8 Å². The first-order valence-corrected chi connectivity index (χ1v) is 10.8. The van der Waals surface area contributed by atoms with Gasteiger partial charge in [0.2, 0.25) is 5.91 Å². The summed E-state index contributed by atoms with van der Waals surface area (Å²) < 4.78 is 1.69. The highest BCUT2D eigenvalue weighted by atomic mass is 16.2. The van der Waals surface area contributed by atoms with Gasteiger partial charge in [-0.25, -0.2) is 4.68 Å². The second kappa shape index (κ2) is 8.83. The number of carbonyl (C=O) groups excluding carboxylic acids is 2. The smallest absolute Gasteiger partial charge is 0.273 e. The van der Waals surface area contributed by atoms with E-state index in [0.717, 1.165) is 35.7 Å². The predicted octanol–water partition coefficient (Wildman–Crippen LogP) is 2.94. The summed E-state index contributed by atoms with van der Waals surface area (Å²) in [5.41, 5.74) is 1.83. The maximum absolute atomic E-state index is 13.0. The molecule has 8 nitrogen and oxygen atoms in total. The van der Waals surface area contributed by atoms with Crippen molar-refractivity contribution in [3.8, 4) is 5.69 Å². The molecule has 8 heteroatoms. The third-order valence-electron chi connectivity index (χ3n) is 5.81. The fraction of sp³-hybridized carbons (Fsp3) is 0.435. The summed E-state index contributed by atoms with van der Waals surface area (Å²) in [5, 5.41) is 16.4. The topological polar surface area (TPSA) is 102 Å². The van der Waals surface area contributed by atoms with Crippen molar-refractivity contribution in [2.24, 2.45) is 5.92 Å². The first kappa shape index (κ1) is 21.0.